The van der Waals surface area contributed by atoms with E-state index in [4.69, 9.17) is 4.74 Å². The smallest absolute Gasteiger partial charge is 0.401 e. The minimum Gasteiger partial charge on any atom is -0.496 e. The molecule has 1 fully saturated rings. The van der Waals surface area contributed by atoms with Crippen LogP contribution < -0.4 is 10.1 Å². The molecule has 1 N–H and O–H groups in total. The van der Waals surface area contributed by atoms with Crippen molar-refractivity contribution in [2.75, 3.05) is 33.3 Å². The molecule has 1 aliphatic heterocycles. The van der Waals surface area contributed by atoms with Crippen molar-refractivity contribution in [1.29, 1.82) is 0 Å². The molecule has 0 radical (unpaired) electrons. The number of ether oxygens (including phenoxy) is 1. The normalized spacial score (nSPS) is 19.2. The van der Waals surface area contributed by atoms with E-state index >= 15 is 0 Å². The Balaban J connectivity index is 1.82. The second-order valence-electron chi connectivity index (χ2n) is 5.42. The highest BCUT2D eigenvalue weighted by atomic mass is 19.4. The molecule has 1 heterocycles. The van der Waals surface area contributed by atoms with Gasteiger partial charge in [0.15, 0.2) is 0 Å². The van der Waals surface area contributed by atoms with Gasteiger partial charge in [-0.1, -0.05) is 12.1 Å². The van der Waals surface area contributed by atoms with Gasteiger partial charge in [-0.15, -0.1) is 0 Å². The van der Waals surface area contributed by atoms with Gasteiger partial charge in [0, 0.05) is 13.1 Å². The number of likely N-dealkylation sites (tertiary alicyclic amines) is 1. The van der Waals surface area contributed by atoms with E-state index in [0.29, 0.717) is 37.4 Å². The number of carbonyl (C=O) groups excluding carboxylic acids is 1. The van der Waals surface area contributed by atoms with Crippen LogP contribution >= 0.6 is 0 Å². The number of alkyl halides is 3. The summed E-state index contributed by atoms with van der Waals surface area (Å²) >= 11 is 0. The molecule has 0 aromatic heterocycles. The SMILES string of the molecule is COc1ccccc1C(=O)NC[C@H]1CCN(CC(F)(F)F)C1. The molecule has 1 aromatic rings. The van der Waals surface area contributed by atoms with E-state index in [-0.39, 0.29) is 11.8 Å². The Hall–Kier alpha value is -1.76. The van der Waals surface area contributed by atoms with Crippen LogP contribution in [0.2, 0.25) is 0 Å². The van der Waals surface area contributed by atoms with E-state index in [0.717, 1.165) is 0 Å². The summed E-state index contributed by atoms with van der Waals surface area (Å²) in [7, 11) is 1.48. The Morgan fingerprint density at radius 1 is 1.41 bits per heavy atom. The van der Waals surface area contributed by atoms with E-state index < -0.39 is 12.7 Å². The summed E-state index contributed by atoms with van der Waals surface area (Å²) in [6, 6.07) is 6.84. The van der Waals surface area contributed by atoms with Gasteiger partial charge in [-0.05, 0) is 31.0 Å². The molecular weight excluding hydrogens is 297 g/mol. The minimum atomic E-state index is -4.17. The molecule has 0 spiro atoms. The number of amides is 1. The zero-order chi connectivity index (χ0) is 16.2. The third-order valence-electron chi connectivity index (χ3n) is 3.68. The van der Waals surface area contributed by atoms with Crippen LogP contribution in [0, 0.1) is 5.92 Å². The molecule has 1 aromatic carbocycles. The van der Waals surface area contributed by atoms with Gasteiger partial charge >= 0.3 is 6.18 Å². The Bertz CT molecular complexity index is 520. The van der Waals surface area contributed by atoms with Crippen molar-refractivity contribution in [2.24, 2.45) is 5.92 Å². The number of carbonyl (C=O) groups is 1. The molecule has 1 atom stereocenters. The molecule has 4 nitrogen and oxygen atoms in total. The van der Waals surface area contributed by atoms with Gasteiger partial charge < -0.3 is 10.1 Å². The predicted molar refractivity (Wildman–Crippen MR) is 75.9 cm³/mol. The second kappa shape index (κ2) is 7.00. The number of para-hydroxylation sites is 1. The molecule has 2 rings (SSSR count). The standard InChI is InChI=1S/C15H19F3N2O2/c1-22-13-5-3-2-4-12(13)14(21)19-8-11-6-7-20(9-11)10-15(16,17)18/h2-5,11H,6-10H2,1H3,(H,19,21)/t11-/m1/s1. The third kappa shape index (κ3) is 4.62. The van der Waals surface area contributed by atoms with Gasteiger partial charge in [-0.25, -0.2) is 0 Å². The first-order valence-corrected chi connectivity index (χ1v) is 7.09. The van der Waals surface area contributed by atoms with Gasteiger partial charge in [0.2, 0.25) is 0 Å². The molecule has 1 aliphatic rings. The average molecular weight is 316 g/mol. The van der Waals surface area contributed by atoms with Crippen LogP contribution in [0.25, 0.3) is 0 Å². The lowest BCUT2D eigenvalue weighted by molar-refractivity contribution is -0.143. The summed E-state index contributed by atoms with van der Waals surface area (Å²) in [5.41, 5.74) is 0.426. The summed E-state index contributed by atoms with van der Waals surface area (Å²) in [4.78, 5) is 13.5. The van der Waals surface area contributed by atoms with Gasteiger partial charge in [-0.3, -0.25) is 9.69 Å². The van der Waals surface area contributed by atoms with E-state index in [9.17, 15) is 18.0 Å². The summed E-state index contributed by atoms with van der Waals surface area (Å²) in [5, 5.41) is 2.77. The van der Waals surface area contributed by atoms with E-state index in [2.05, 4.69) is 5.32 Å². The number of hydrogen-bond acceptors (Lipinski definition) is 3. The highest BCUT2D eigenvalue weighted by Gasteiger charge is 2.34. The van der Waals surface area contributed by atoms with Crippen molar-refractivity contribution >= 4 is 5.91 Å². The number of nitrogens with one attached hydrogen (secondary N) is 1. The average Bonchev–Trinajstić information content (AvgIpc) is 2.90. The highest BCUT2D eigenvalue weighted by Crippen LogP contribution is 2.23. The first kappa shape index (κ1) is 16.6. The van der Waals surface area contributed by atoms with Crippen LogP contribution in [-0.2, 0) is 0 Å². The fourth-order valence-corrected chi connectivity index (χ4v) is 2.64. The molecule has 0 aliphatic carbocycles. The maximum Gasteiger partial charge on any atom is 0.401 e. The van der Waals surface area contributed by atoms with Crippen LogP contribution in [0.3, 0.4) is 0 Å². The van der Waals surface area contributed by atoms with Crippen LogP contribution in [0.4, 0.5) is 13.2 Å². The Kier molecular flexibility index (Phi) is 5.28. The lowest BCUT2D eigenvalue weighted by atomic mass is 10.1. The number of hydrogen-bond donors (Lipinski definition) is 1. The number of benzene rings is 1. The Labute approximate surface area is 127 Å². The van der Waals surface area contributed by atoms with Crippen LogP contribution in [-0.4, -0.2) is 50.3 Å². The monoisotopic (exact) mass is 316 g/mol. The highest BCUT2D eigenvalue weighted by molar-refractivity contribution is 5.96. The number of nitrogens with zero attached hydrogens (tertiary/aromatic N) is 1. The quantitative estimate of drug-likeness (QED) is 0.906. The van der Waals surface area contributed by atoms with Crippen LogP contribution in [0.5, 0.6) is 5.75 Å². The fraction of sp³-hybridized carbons (Fsp3) is 0.533. The molecule has 7 heteroatoms. The minimum absolute atomic E-state index is 0.0426. The Morgan fingerprint density at radius 2 is 2.14 bits per heavy atom. The van der Waals surface area contributed by atoms with E-state index in [1.807, 2.05) is 0 Å². The molecule has 1 amide bonds. The predicted octanol–water partition coefficient (Wildman–Crippen LogP) is 2.31. The van der Waals surface area contributed by atoms with Gasteiger partial charge in [0.1, 0.15) is 5.75 Å². The first-order valence-electron chi connectivity index (χ1n) is 7.09. The van der Waals surface area contributed by atoms with Gasteiger partial charge in [0.25, 0.3) is 5.91 Å². The second-order valence-corrected chi connectivity index (χ2v) is 5.42. The van der Waals surface area contributed by atoms with Crippen molar-refractivity contribution in [3.05, 3.63) is 29.8 Å². The maximum absolute atomic E-state index is 12.3. The van der Waals surface area contributed by atoms with Gasteiger partial charge in [0.05, 0.1) is 19.2 Å². The first-order chi connectivity index (χ1) is 10.4. The molecule has 1 saturated heterocycles. The molecule has 122 valence electrons. The summed E-state index contributed by atoms with van der Waals surface area (Å²) < 4.78 is 42.1. The van der Waals surface area contributed by atoms with Crippen LogP contribution in [0.15, 0.2) is 24.3 Å². The van der Waals surface area contributed by atoms with Gasteiger partial charge in [-0.2, -0.15) is 13.2 Å². The number of halogens is 3. The largest absolute Gasteiger partial charge is 0.496 e. The van der Waals surface area contributed by atoms with Crippen molar-refractivity contribution in [3.63, 3.8) is 0 Å². The molecule has 0 bridgehead atoms. The topological polar surface area (TPSA) is 41.6 Å². The van der Waals surface area contributed by atoms with Crippen molar-refractivity contribution in [3.8, 4) is 5.75 Å². The van der Waals surface area contributed by atoms with Crippen LogP contribution in [0.1, 0.15) is 16.8 Å². The Morgan fingerprint density at radius 3 is 2.82 bits per heavy atom. The maximum atomic E-state index is 12.3. The number of methoxy groups -OCH3 is 1. The van der Waals surface area contributed by atoms with Crippen molar-refractivity contribution in [2.45, 2.75) is 12.6 Å². The lowest BCUT2D eigenvalue weighted by Crippen LogP contribution is -2.34. The third-order valence-corrected chi connectivity index (χ3v) is 3.68. The van der Waals surface area contributed by atoms with E-state index in [1.165, 1.54) is 12.0 Å². The lowest BCUT2D eigenvalue weighted by Gasteiger charge is -2.18. The number of rotatable bonds is 5. The molecule has 22 heavy (non-hydrogen) atoms. The van der Waals surface area contributed by atoms with Crippen molar-refractivity contribution < 1.29 is 22.7 Å². The summed E-state index contributed by atoms with van der Waals surface area (Å²) in [5.74, 6) is 0.248. The zero-order valence-electron chi connectivity index (χ0n) is 12.3. The summed E-state index contributed by atoms with van der Waals surface area (Å²) in [6.07, 6.45) is -3.52. The molecule has 0 saturated carbocycles. The molecular formula is C15H19F3N2O2. The zero-order valence-corrected chi connectivity index (χ0v) is 12.3. The fourth-order valence-electron chi connectivity index (χ4n) is 2.64. The summed E-state index contributed by atoms with van der Waals surface area (Å²) in [6.45, 7) is 0.246. The van der Waals surface area contributed by atoms with E-state index in [1.54, 1.807) is 24.3 Å². The van der Waals surface area contributed by atoms with Crippen molar-refractivity contribution in [1.82, 2.24) is 10.2 Å². The molecule has 0 unspecified atom stereocenters.